The van der Waals surface area contributed by atoms with Crippen molar-refractivity contribution in [2.24, 2.45) is 5.73 Å². The number of carbonyl (C=O) groups excluding carboxylic acids is 1. The molecule has 1 aromatic rings. The Hall–Kier alpha value is -2.20. The fourth-order valence-electron chi connectivity index (χ4n) is 0.264. The second-order valence-electron chi connectivity index (χ2n) is 1.92. The normalized spacial score (nSPS) is 10.1. The quantitative estimate of drug-likeness (QED) is 0.559. The number of nitrogens with two attached hydrogens (primary N) is 1. The molecule has 1 aromatic heterocycles. The summed E-state index contributed by atoms with van der Waals surface area (Å²) in [5.41, 5.74) is 4.75. The predicted molar refractivity (Wildman–Crippen MR) is 36.4 cm³/mol. The molecule has 0 aliphatic heterocycles. The zero-order valence-corrected chi connectivity index (χ0v) is 6.82. The van der Waals surface area contributed by atoms with E-state index in [2.05, 4.69) is 20.6 Å². The van der Waals surface area contributed by atoms with Gasteiger partial charge in [0, 0.05) is 0 Å². The Morgan fingerprint density at radius 3 is 2.00 bits per heavy atom. The smallest absolute Gasteiger partial charge is 0.475 e. The first-order valence-electron chi connectivity index (χ1n) is 3.08. The number of nitrogens with zero attached hydrogens (tertiary/aromatic N) is 3. The molecule has 0 atom stereocenters. The highest BCUT2D eigenvalue weighted by molar-refractivity contribution is 5.88. The van der Waals surface area contributed by atoms with E-state index in [0.29, 0.717) is 0 Å². The van der Waals surface area contributed by atoms with Crippen LogP contribution in [0.1, 0.15) is 10.6 Å². The number of nitrogens with one attached hydrogen (secondary N) is 1. The SMILES string of the molecule is NC(=O)c1nnn[nH]1.O=C(O)C(F)(F)F. The van der Waals surface area contributed by atoms with Crippen LogP contribution in [-0.4, -0.2) is 43.8 Å². The fourth-order valence-corrected chi connectivity index (χ4v) is 0.264. The van der Waals surface area contributed by atoms with Crippen LogP contribution in [0.5, 0.6) is 0 Å². The van der Waals surface area contributed by atoms with Crippen LogP contribution in [0.2, 0.25) is 0 Å². The molecule has 11 heteroatoms. The van der Waals surface area contributed by atoms with E-state index in [1.54, 1.807) is 0 Å². The number of carboxylic acid groups (broad SMARTS) is 1. The highest BCUT2D eigenvalue weighted by Crippen LogP contribution is 2.13. The molecule has 0 saturated heterocycles. The summed E-state index contributed by atoms with van der Waals surface area (Å²) in [6, 6.07) is 0. The van der Waals surface area contributed by atoms with Crippen LogP contribution >= 0.6 is 0 Å². The van der Waals surface area contributed by atoms with Crippen LogP contribution in [0.3, 0.4) is 0 Å². The van der Waals surface area contributed by atoms with Crippen LogP contribution in [0, 0.1) is 0 Å². The number of primary amides is 1. The molecule has 1 heterocycles. The molecule has 0 bridgehead atoms. The summed E-state index contributed by atoms with van der Waals surface area (Å²) in [7, 11) is 0. The number of aromatic nitrogens is 4. The summed E-state index contributed by atoms with van der Waals surface area (Å²) in [6.07, 6.45) is -5.08. The number of carboxylic acids is 1. The third-order valence-electron chi connectivity index (χ3n) is 0.821. The van der Waals surface area contributed by atoms with Gasteiger partial charge in [0.1, 0.15) is 0 Å². The lowest BCUT2D eigenvalue weighted by Gasteiger charge is -1.93. The number of amides is 1. The van der Waals surface area contributed by atoms with Gasteiger partial charge in [-0.05, 0) is 10.4 Å². The average molecular weight is 227 g/mol. The average Bonchev–Trinajstić information content (AvgIpc) is 2.54. The molecule has 0 unspecified atom stereocenters. The first kappa shape index (κ1) is 12.8. The van der Waals surface area contributed by atoms with Gasteiger partial charge in [0.2, 0.25) is 5.82 Å². The second-order valence-corrected chi connectivity index (χ2v) is 1.92. The first-order chi connectivity index (χ1) is 6.75. The van der Waals surface area contributed by atoms with Crippen molar-refractivity contribution in [3.05, 3.63) is 5.82 Å². The maximum Gasteiger partial charge on any atom is 0.490 e. The van der Waals surface area contributed by atoms with E-state index in [9.17, 15) is 18.0 Å². The minimum absolute atomic E-state index is 0.0231. The molecule has 4 N–H and O–H groups in total. The molecule has 0 saturated carbocycles. The number of aromatic amines is 1. The number of rotatable bonds is 1. The van der Waals surface area contributed by atoms with Crippen molar-refractivity contribution in [2.45, 2.75) is 6.18 Å². The lowest BCUT2D eigenvalue weighted by atomic mass is 10.6. The summed E-state index contributed by atoms with van der Waals surface area (Å²) in [5.74, 6) is -3.44. The van der Waals surface area contributed by atoms with Gasteiger partial charge in [0.05, 0.1) is 0 Å². The summed E-state index contributed by atoms with van der Waals surface area (Å²) in [6.45, 7) is 0. The molecule has 0 aliphatic carbocycles. The molecule has 8 nitrogen and oxygen atoms in total. The molecule has 0 aliphatic rings. The van der Waals surface area contributed by atoms with Crippen LogP contribution in [0.15, 0.2) is 0 Å². The standard InChI is InChI=1S/C2HF3O2.C2H3N5O/c3-2(4,5)1(6)7;3-1(8)2-4-6-7-5-2/h(H,6,7);(H2,3,8)(H,4,5,6,7). The van der Waals surface area contributed by atoms with Gasteiger partial charge in [-0.3, -0.25) is 4.79 Å². The zero-order valence-electron chi connectivity index (χ0n) is 6.82. The third kappa shape index (κ3) is 5.17. The molecular formula is C4H4F3N5O3. The van der Waals surface area contributed by atoms with Gasteiger partial charge in [-0.25, -0.2) is 9.89 Å². The van der Waals surface area contributed by atoms with Crippen LogP contribution in [0.25, 0.3) is 0 Å². The minimum atomic E-state index is -5.08. The second kappa shape index (κ2) is 4.88. The Balaban J connectivity index is 0.000000265. The van der Waals surface area contributed by atoms with E-state index >= 15 is 0 Å². The van der Waals surface area contributed by atoms with Gasteiger partial charge in [0.15, 0.2) is 0 Å². The number of hydrogen-bond acceptors (Lipinski definition) is 5. The largest absolute Gasteiger partial charge is 0.490 e. The Morgan fingerprint density at radius 2 is 1.87 bits per heavy atom. The van der Waals surface area contributed by atoms with E-state index in [1.807, 2.05) is 0 Å². The highest BCUT2D eigenvalue weighted by Gasteiger charge is 2.38. The van der Waals surface area contributed by atoms with Crippen molar-refractivity contribution in [2.75, 3.05) is 0 Å². The van der Waals surface area contributed by atoms with Crippen LogP contribution in [-0.2, 0) is 4.79 Å². The minimum Gasteiger partial charge on any atom is -0.475 e. The van der Waals surface area contributed by atoms with Crippen molar-refractivity contribution in [1.29, 1.82) is 0 Å². The molecular weight excluding hydrogens is 223 g/mol. The van der Waals surface area contributed by atoms with Gasteiger partial charge in [-0.2, -0.15) is 13.2 Å². The number of carbonyl (C=O) groups is 2. The summed E-state index contributed by atoms with van der Waals surface area (Å²) in [5, 5.41) is 18.8. The maximum absolute atomic E-state index is 10.6. The van der Waals surface area contributed by atoms with E-state index in [0.717, 1.165) is 0 Å². The van der Waals surface area contributed by atoms with E-state index in [1.165, 1.54) is 0 Å². The summed E-state index contributed by atoms with van der Waals surface area (Å²) >= 11 is 0. The van der Waals surface area contributed by atoms with Gasteiger partial charge in [0.25, 0.3) is 5.91 Å². The first-order valence-corrected chi connectivity index (χ1v) is 3.08. The van der Waals surface area contributed by atoms with Gasteiger partial charge < -0.3 is 10.8 Å². The molecule has 0 spiro atoms. The topological polar surface area (TPSA) is 135 Å². The molecule has 0 aromatic carbocycles. The molecule has 1 rings (SSSR count). The molecule has 0 radical (unpaired) electrons. The zero-order chi connectivity index (χ0) is 12.1. The van der Waals surface area contributed by atoms with Gasteiger partial charge >= 0.3 is 12.1 Å². The molecule has 1 amide bonds. The number of halogens is 3. The number of alkyl halides is 3. The lowest BCUT2D eigenvalue weighted by Crippen LogP contribution is -2.21. The third-order valence-corrected chi connectivity index (χ3v) is 0.821. The highest BCUT2D eigenvalue weighted by atomic mass is 19.4. The van der Waals surface area contributed by atoms with E-state index in [-0.39, 0.29) is 5.82 Å². The monoisotopic (exact) mass is 227 g/mol. The Kier molecular flexibility index (Phi) is 4.16. The van der Waals surface area contributed by atoms with Gasteiger partial charge in [-0.1, -0.05) is 0 Å². The van der Waals surface area contributed by atoms with Crippen molar-refractivity contribution in [1.82, 2.24) is 20.6 Å². The van der Waals surface area contributed by atoms with Crippen LogP contribution < -0.4 is 5.73 Å². The van der Waals surface area contributed by atoms with Gasteiger partial charge in [-0.15, -0.1) is 5.10 Å². The van der Waals surface area contributed by atoms with Crippen molar-refractivity contribution in [3.63, 3.8) is 0 Å². The summed E-state index contributed by atoms with van der Waals surface area (Å²) in [4.78, 5) is 19.0. The molecule has 0 fully saturated rings. The van der Waals surface area contributed by atoms with E-state index < -0.39 is 18.1 Å². The Morgan fingerprint density at radius 1 is 1.40 bits per heavy atom. The number of hydrogen-bond donors (Lipinski definition) is 3. The number of tetrazole rings is 1. The van der Waals surface area contributed by atoms with Crippen LogP contribution in [0.4, 0.5) is 13.2 Å². The molecule has 15 heavy (non-hydrogen) atoms. The Labute approximate surface area is 79.3 Å². The van der Waals surface area contributed by atoms with Crippen molar-refractivity contribution in [3.8, 4) is 0 Å². The Bertz CT molecular complexity index is 334. The lowest BCUT2D eigenvalue weighted by molar-refractivity contribution is -0.192. The van der Waals surface area contributed by atoms with Crippen molar-refractivity contribution >= 4 is 11.9 Å². The number of aliphatic carboxylic acids is 1. The summed E-state index contributed by atoms with van der Waals surface area (Å²) < 4.78 is 31.7. The molecule has 84 valence electrons. The van der Waals surface area contributed by atoms with Crippen molar-refractivity contribution < 1.29 is 27.9 Å². The maximum atomic E-state index is 10.6. The van der Waals surface area contributed by atoms with E-state index in [4.69, 9.17) is 15.6 Å². The fraction of sp³-hybridized carbons (Fsp3) is 0.250. The predicted octanol–water partition coefficient (Wildman–Crippen LogP) is -1.07. The number of H-pyrrole nitrogens is 1.